The monoisotopic (exact) mass is 283 g/mol. The second-order valence-corrected chi connectivity index (χ2v) is 6.16. The maximum Gasteiger partial charge on any atom is 0.217 e. The molecule has 0 saturated carbocycles. The predicted molar refractivity (Wildman–Crippen MR) is 89.0 cm³/mol. The van der Waals surface area contributed by atoms with Gasteiger partial charge < -0.3 is 5.32 Å². The van der Waals surface area contributed by atoms with Gasteiger partial charge in [-0.15, -0.1) is 0 Å². The second kappa shape index (κ2) is 14.9. The van der Waals surface area contributed by atoms with Gasteiger partial charge in [0.15, 0.2) is 0 Å². The van der Waals surface area contributed by atoms with Crippen molar-refractivity contribution in [3.8, 4) is 0 Å². The highest BCUT2D eigenvalue weighted by Gasteiger charge is 2.08. The van der Waals surface area contributed by atoms with Crippen molar-refractivity contribution in [3.05, 3.63) is 0 Å². The van der Waals surface area contributed by atoms with Gasteiger partial charge in [0.1, 0.15) is 0 Å². The molecule has 1 atom stereocenters. The lowest BCUT2D eigenvalue weighted by Gasteiger charge is -2.17. The first kappa shape index (κ1) is 19.5. The van der Waals surface area contributed by atoms with Crippen LogP contribution in [0.1, 0.15) is 104 Å². The van der Waals surface area contributed by atoms with Crippen LogP contribution in [0, 0.1) is 0 Å². The third-order valence-electron chi connectivity index (χ3n) is 3.97. The zero-order chi connectivity index (χ0) is 15.1. The number of unbranched alkanes of at least 4 members (excludes halogenated alkanes) is 9. The lowest BCUT2D eigenvalue weighted by Crippen LogP contribution is -2.32. The fraction of sp³-hybridized carbons (Fsp3) is 0.944. The van der Waals surface area contributed by atoms with E-state index >= 15 is 0 Å². The van der Waals surface area contributed by atoms with E-state index in [9.17, 15) is 4.79 Å². The third kappa shape index (κ3) is 13.9. The molecule has 1 unspecified atom stereocenters. The molecule has 20 heavy (non-hydrogen) atoms. The van der Waals surface area contributed by atoms with Crippen LogP contribution in [-0.2, 0) is 4.79 Å². The Morgan fingerprint density at radius 1 is 0.750 bits per heavy atom. The molecular weight excluding hydrogens is 246 g/mol. The van der Waals surface area contributed by atoms with Gasteiger partial charge in [0.25, 0.3) is 0 Å². The van der Waals surface area contributed by atoms with E-state index in [-0.39, 0.29) is 5.91 Å². The highest BCUT2D eigenvalue weighted by atomic mass is 16.1. The molecule has 0 spiro atoms. The normalized spacial score (nSPS) is 12.3. The Bertz CT molecular complexity index is 215. The Balaban J connectivity index is 3.45. The maximum atomic E-state index is 11.2. The fourth-order valence-corrected chi connectivity index (χ4v) is 2.73. The van der Waals surface area contributed by atoms with Crippen molar-refractivity contribution >= 4 is 5.91 Å². The molecule has 1 amide bonds. The summed E-state index contributed by atoms with van der Waals surface area (Å²) < 4.78 is 0. The molecule has 0 aliphatic carbocycles. The van der Waals surface area contributed by atoms with Crippen molar-refractivity contribution in [3.63, 3.8) is 0 Å². The number of hydrogen-bond acceptors (Lipinski definition) is 1. The van der Waals surface area contributed by atoms with Crippen LogP contribution in [0.15, 0.2) is 0 Å². The van der Waals surface area contributed by atoms with Gasteiger partial charge in [-0.1, -0.05) is 84.5 Å². The van der Waals surface area contributed by atoms with Crippen LogP contribution in [0.5, 0.6) is 0 Å². The summed E-state index contributed by atoms with van der Waals surface area (Å²) in [6.45, 7) is 6.11. The van der Waals surface area contributed by atoms with E-state index in [0.717, 1.165) is 12.8 Å². The standard InChI is InChI=1S/C18H37NO/c1-4-6-8-9-10-11-12-13-14-16-18(15-7-5-2)19-17(3)20/h18H,4-16H2,1-3H3,(H,19,20). The Kier molecular flexibility index (Phi) is 14.5. The third-order valence-corrected chi connectivity index (χ3v) is 3.97. The average molecular weight is 284 g/mol. The summed E-state index contributed by atoms with van der Waals surface area (Å²) in [5.74, 6) is 0.127. The van der Waals surface area contributed by atoms with E-state index in [1.165, 1.54) is 70.6 Å². The molecule has 0 aromatic rings. The minimum Gasteiger partial charge on any atom is -0.354 e. The highest BCUT2D eigenvalue weighted by molar-refractivity contribution is 5.73. The quantitative estimate of drug-likeness (QED) is 0.413. The number of carbonyl (C=O) groups excluding carboxylic acids is 1. The number of nitrogens with one attached hydrogen (secondary N) is 1. The molecule has 0 aliphatic rings. The lowest BCUT2D eigenvalue weighted by atomic mass is 10.0. The summed E-state index contributed by atoms with van der Waals surface area (Å²) >= 11 is 0. The van der Waals surface area contributed by atoms with E-state index < -0.39 is 0 Å². The first-order valence-electron chi connectivity index (χ1n) is 8.97. The zero-order valence-corrected chi connectivity index (χ0v) is 14.2. The minimum absolute atomic E-state index is 0.127. The van der Waals surface area contributed by atoms with Crippen molar-refractivity contribution in [2.75, 3.05) is 0 Å². The van der Waals surface area contributed by atoms with Gasteiger partial charge in [-0.2, -0.15) is 0 Å². The SMILES string of the molecule is CCCCCCCCCCCC(CCCC)NC(C)=O. The molecule has 0 heterocycles. The van der Waals surface area contributed by atoms with E-state index in [4.69, 9.17) is 0 Å². The summed E-state index contributed by atoms with van der Waals surface area (Å²) in [5, 5.41) is 3.10. The molecule has 0 fully saturated rings. The van der Waals surface area contributed by atoms with Gasteiger partial charge in [0, 0.05) is 13.0 Å². The highest BCUT2D eigenvalue weighted by Crippen LogP contribution is 2.13. The van der Waals surface area contributed by atoms with Gasteiger partial charge in [-0.25, -0.2) is 0 Å². The van der Waals surface area contributed by atoms with Crippen LogP contribution in [0.3, 0.4) is 0 Å². The van der Waals surface area contributed by atoms with Crippen molar-refractivity contribution in [2.24, 2.45) is 0 Å². The summed E-state index contributed by atoms with van der Waals surface area (Å²) in [5.41, 5.74) is 0. The topological polar surface area (TPSA) is 29.1 Å². The van der Waals surface area contributed by atoms with Crippen LogP contribution in [0.2, 0.25) is 0 Å². The Labute approximate surface area is 127 Å². The molecule has 0 rings (SSSR count). The van der Waals surface area contributed by atoms with Crippen LogP contribution in [0.25, 0.3) is 0 Å². The van der Waals surface area contributed by atoms with Crippen molar-refractivity contribution in [1.29, 1.82) is 0 Å². The fourth-order valence-electron chi connectivity index (χ4n) is 2.73. The number of carbonyl (C=O) groups is 1. The molecule has 2 heteroatoms. The zero-order valence-electron chi connectivity index (χ0n) is 14.2. The summed E-state index contributed by atoms with van der Waals surface area (Å²) in [6, 6.07) is 0.414. The molecule has 0 aliphatic heterocycles. The summed E-state index contributed by atoms with van der Waals surface area (Å²) in [4.78, 5) is 11.2. The first-order valence-corrected chi connectivity index (χ1v) is 8.97. The molecule has 0 bridgehead atoms. The lowest BCUT2D eigenvalue weighted by molar-refractivity contribution is -0.119. The summed E-state index contributed by atoms with van der Waals surface area (Å²) in [6.07, 6.45) is 17.1. The van der Waals surface area contributed by atoms with E-state index in [1.807, 2.05) is 0 Å². The van der Waals surface area contributed by atoms with Gasteiger partial charge in [0.05, 0.1) is 0 Å². The Morgan fingerprint density at radius 3 is 1.70 bits per heavy atom. The Hall–Kier alpha value is -0.530. The largest absolute Gasteiger partial charge is 0.354 e. The molecule has 0 radical (unpaired) electrons. The van der Waals surface area contributed by atoms with E-state index in [1.54, 1.807) is 6.92 Å². The molecule has 120 valence electrons. The smallest absolute Gasteiger partial charge is 0.217 e. The van der Waals surface area contributed by atoms with Crippen LogP contribution in [0.4, 0.5) is 0 Å². The summed E-state index contributed by atoms with van der Waals surface area (Å²) in [7, 11) is 0. The second-order valence-electron chi connectivity index (χ2n) is 6.16. The van der Waals surface area contributed by atoms with Gasteiger partial charge >= 0.3 is 0 Å². The van der Waals surface area contributed by atoms with Crippen LogP contribution >= 0.6 is 0 Å². The molecule has 0 aromatic heterocycles. The number of amides is 1. The number of rotatable bonds is 14. The molecule has 0 aromatic carbocycles. The van der Waals surface area contributed by atoms with Gasteiger partial charge in [-0.3, -0.25) is 4.79 Å². The minimum atomic E-state index is 0.127. The number of hydrogen-bond donors (Lipinski definition) is 1. The molecule has 0 saturated heterocycles. The van der Waals surface area contributed by atoms with Gasteiger partial charge in [-0.05, 0) is 12.8 Å². The van der Waals surface area contributed by atoms with Crippen molar-refractivity contribution in [2.45, 2.75) is 110 Å². The van der Waals surface area contributed by atoms with Gasteiger partial charge in [0.2, 0.25) is 5.91 Å². The van der Waals surface area contributed by atoms with E-state index in [0.29, 0.717) is 6.04 Å². The predicted octanol–water partition coefficient (Wildman–Crippen LogP) is 5.60. The first-order chi connectivity index (χ1) is 9.70. The van der Waals surface area contributed by atoms with Crippen LogP contribution in [-0.4, -0.2) is 11.9 Å². The molecule has 2 nitrogen and oxygen atoms in total. The van der Waals surface area contributed by atoms with E-state index in [2.05, 4.69) is 19.2 Å². The maximum absolute atomic E-state index is 11.2. The Morgan fingerprint density at radius 2 is 1.20 bits per heavy atom. The van der Waals surface area contributed by atoms with Crippen molar-refractivity contribution in [1.82, 2.24) is 5.32 Å². The van der Waals surface area contributed by atoms with Crippen LogP contribution < -0.4 is 5.32 Å². The van der Waals surface area contributed by atoms with Crippen molar-refractivity contribution < 1.29 is 4.79 Å². The molecule has 1 N–H and O–H groups in total. The molecular formula is C18H37NO. The average Bonchev–Trinajstić information content (AvgIpc) is 2.42.